The van der Waals surface area contributed by atoms with E-state index in [1.54, 1.807) is 0 Å². The van der Waals surface area contributed by atoms with Crippen molar-refractivity contribution in [3.05, 3.63) is 29.1 Å². The highest BCUT2D eigenvalue weighted by atomic mass is 19.4. The summed E-state index contributed by atoms with van der Waals surface area (Å²) in [5.74, 6) is -4.67. The fraction of sp³-hybridized carbons (Fsp3) is 0.286. The van der Waals surface area contributed by atoms with Crippen molar-refractivity contribution in [2.45, 2.75) is 12.4 Å². The second kappa shape index (κ2) is 3.56. The molecule has 0 amide bonds. The molecule has 0 fully saturated rings. The van der Waals surface area contributed by atoms with Gasteiger partial charge in [-0.15, -0.1) is 0 Å². The van der Waals surface area contributed by atoms with Crippen LogP contribution in [0.2, 0.25) is 0 Å². The summed E-state index contributed by atoms with van der Waals surface area (Å²) in [7, 11) is 0. The Balaban J connectivity index is 3.45. The molecule has 0 atom stereocenters. The summed E-state index contributed by atoms with van der Waals surface area (Å²) in [5, 5.41) is 0. The third-order valence-electron chi connectivity index (χ3n) is 1.54. The van der Waals surface area contributed by atoms with Crippen LogP contribution in [0.4, 0.5) is 35.1 Å². The number of hydrogen-bond donors (Lipinski definition) is 0. The van der Waals surface area contributed by atoms with Gasteiger partial charge in [0.2, 0.25) is 11.9 Å². The molecule has 0 bridgehead atoms. The number of rotatable bonds is 0. The van der Waals surface area contributed by atoms with Crippen molar-refractivity contribution >= 4 is 0 Å². The second-order valence-electron chi connectivity index (χ2n) is 2.66. The van der Waals surface area contributed by atoms with Gasteiger partial charge in [-0.05, 0) is 6.07 Å². The van der Waals surface area contributed by atoms with Crippen LogP contribution in [0, 0.1) is 11.9 Å². The van der Waals surface area contributed by atoms with Crippen LogP contribution in [0.1, 0.15) is 11.1 Å². The summed E-state index contributed by atoms with van der Waals surface area (Å²) >= 11 is 0. The lowest BCUT2D eigenvalue weighted by atomic mass is 10.2. The van der Waals surface area contributed by atoms with E-state index in [0.29, 0.717) is 0 Å². The Bertz CT molecular complexity index is 369. The van der Waals surface area contributed by atoms with Crippen LogP contribution in [-0.4, -0.2) is 4.98 Å². The number of nitrogens with zero attached hydrogens (tertiary/aromatic N) is 1. The summed E-state index contributed by atoms with van der Waals surface area (Å²) in [6.07, 6.45) is -10.7. The maximum atomic E-state index is 12.5. The van der Waals surface area contributed by atoms with E-state index < -0.39 is 41.4 Å². The molecule has 1 nitrogen and oxygen atoms in total. The van der Waals surface area contributed by atoms with Crippen molar-refractivity contribution in [2.24, 2.45) is 0 Å². The van der Waals surface area contributed by atoms with Gasteiger partial charge in [0.1, 0.15) is 11.1 Å². The van der Waals surface area contributed by atoms with E-state index in [2.05, 4.69) is 0 Å². The molecule has 0 saturated carbocycles. The van der Waals surface area contributed by atoms with E-state index in [9.17, 15) is 35.1 Å². The van der Waals surface area contributed by atoms with Crippen molar-refractivity contribution in [1.29, 1.82) is 0 Å². The van der Waals surface area contributed by atoms with Crippen LogP contribution >= 0.6 is 0 Å². The van der Waals surface area contributed by atoms with E-state index in [4.69, 9.17) is 0 Å². The molecular weight excluding hydrogens is 250 g/mol. The van der Waals surface area contributed by atoms with Crippen LogP contribution in [0.3, 0.4) is 0 Å². The smallest absolute Gasteiger partial charge is 0.190 e. The standard InChI is InChI=1S/C7HF8N/c8-4-2(6(10,11)12)1-3(5(9)16-4)7(13,14)15/h1H. The Hall–Kier alpha value is -1.41. The van der Waals surface area contributed by atoms with Gasteiger partial charge in [0.05, 0.1) is 0 Å². The van der Waals surface area contributed by atoms with Crippen molar-refractivity contribution in [3.8, 4) is 0 Å². The first-order valence-electron chi connectivity index (χ1n) is 3.54. The third-order valence-corrected chi connectivity index (χ3v) is 1.54. The van der Waals surface area contributed by atoms with Gasteiger partial charge in [-0.3, -0.25) is 0 Å². The number of aromatic nitrogens is 1. The molecule has 1 rings (SSSR count). The lowest BCUT2D eigenvalue weighted by molar-refractivity contribution is -0.147. The number of pyridine rings is 1. The summed E-state index contributed by atoms with van der Waals surface area (Å²) in [5.41, 5.74) is -4.53. The minimum Gasteiger partial charge on any atom is -0.190 e. The largest absolute Gasteiger partial charge is 0.420 e. The number of halogens is 8. The van der Waals surface area contributed by atoms with Crippen LogP contribution < -0.4 is 0 Å². The van der Waals surface area contributed by atoms with Crippen LogP contribution in [-0.2, 0) is 12.4 Å². The molecular formula is C7HF8N. The summed E-state index contributed by atoms with van der Waals surface area (Å²) < 4.78 is 96.8. The van der Waals surface area contributed by atoms with Gasteiger partial charge < -0.3 is 0 Å². The molecule has 0 N–H and O–H groups in total. The fourth-order valence-electron chi connectivity index (χ4n) is 0.868. The molecule has 1 heterocycles. The maximum Gasteiger partial charge on any atom is 0.420 e. The average molecular weight is 251 g/mol. The Kier molecular flexibility index (Phi) is 2.82. The minimum atomic E-state index is -5.37. The molecule has 16 heavy (non-hydrogen) atoms. The fourth-order valence-corrected chi connectivity index (χ4v) is 0.868. The monoisotopic (exact) mass is 251 g/mol. The molecule has 0 aliphatic rings. The van der Waals surface area contributed by atoms with E-state index in [0.717, 1.165) is 0 Å². The van der Waals surface area contributed by atoms with Gasteiger partial charge in [-0.2, -0.15) is 40.1 Å². The first kappa shape index (κ1) is 12.7. The molecule has 0 saturated heterocycles. The third kappa shape index (κ3) is 2.39. The molecule has 0 unspecified atom stereocenters. The Morgan fingerprint density at radius 3 is 1.31 bits per heavy atom. The van der Waals surface area contributed by atoms with Gasteiger partial charge in [-0.25, -0.2) is 0 Å². The number of hydrogen-bond acceptors (Lipinski definition) is 1. The first-order chi connectivity index (χ1) is 7.03. The molecule has 0 aliphatic carbocycles. The van der Waals surface area contributed by atoms with Gasteiger partial charge in [0.15, 0.2) is 0 Å². The Morgan fingerprint density at radius 2 is 1.06 bits per heavy atom. The predicted molar refractivity (Wildman–Crippen MR) is 34.2 cm³/mol. The SMILES string of the molecule is Fc1nc(F)c(C(F)(F)F)cc1C(F)(F)F. The predicted octanol–water partition coefficient (Wildman–Crippen LogP) is 3.40. The van der Waals surface area contributed by atoms with Crippen LogP contribution in [0.5, 0.6) is 0 Å². The van der Waals surface area contributed by atoms with Crippen molar-refractivity contribution < 1.29 is 35.1 Å². The van der Waals surface area contributed by atoms with Crippen LogP contribution in [0.25, 0.3) is 0 Å². The Labute approximate surface area is 82.7 Å². The molecule has 0 radical (unpaired) electrons. The maximum absolute atomic E-state index is 12.5. The van der Waals surface area contributed by atoms with Gasteiger partial charge in [0.25, 0.3) is 0 Å². The molecule has 0 spiro atoms. The van der Waals surface area contributed by atoms with E-state index in [1.807, 2.05) is 4.98 Å². The quantitative estimate of drug-likeness (QED) is 0.508. The van der Waals surface area contributed by atoms with Crippen molar-refractivity contribution in [3.63, 3.8) is 0 Å². The highest BCUT2D eigenvalue weighted by Crippen LogP contribution is 2.36. The lowest BCUT2D eigenvalue weighted by Gasteiger charge is -2.11. The minimum absolute atomic E-state index is 0.655. The van der Waals surface area contributed by atoms with E-state index in [1.165, 1.54) is 0 Å². The van der Waals surface area contributed by atoms with Crippen molar-refractivity contribution in [2.75, 3.05) is 0 Å². The normalized spacial score (nSPS) is 13.0. The zero-order chi connectivity index (χ0) is 12.7. The molecule has 0 aromatic carbocycles. The zero-order valence-corrected chi connectivity index (χ0v) is 7.05. The lowest BCUT2D eigenvalue weighted by Crippen LogP contribution is -2.17. The van der Waals surface area contributed by atoms with Gasteiger partial charge in [-0.1, -0.05) is 0 Å². The van der Waals surface area contributed by atoms with E-state index in [-0.39, 0.29) is 0 Å². The van der Waals surface area contributed by atoms with Crippen LogP contribution in [0.15, 0.2) is 6.07 Å². The number of alkyl halides is 6. The first-order valence-corrected chi connectivity index (χ1v) is 3.54. The Morgan fingerprint density at radius 1 is 0.750 bits per heavy atom. The van der Waals surface area contributed by atoms with Gasteiger partial charge >= 0.3 is 12.4 Å². The van der Waals surface area contributed by atoms with Crippen molar-refractivity contribution in [1.82, 2.24) is 4.98 Å². The molecule has 9 heteroatoms. The average Bonchev–Trinajstić information content (AvgIpc) is 1.97. The highest BCUT2D eigenvalue weighted by Gasteiger charge is 2.41. The highest BCUT2D eigenvalue weighted by molar-refractivity contribution is 5.25. The molecule has 1 aromatic rings. The molecule has 90 valence electrons. The summed E-state index contributed by atoms with van der Waals surface area (Å²) in [6, 6.07) is -0.655. The second-order valence-corrected chi connectivity index (χ2v) is 2.66. The topological polar surface area (TPSA) is 12.9 Å². The molecule has 0 aliphatic heterocycles. The summed E-state index contributed by atoms with van der Waals surface area (Å²) in [4.78, 5) is 1.93. The summed E-state index contributed by atoms with van der Waals surface area (Å²) in [6.45, 7) is 0. The van der Waals surface area contributed by atoms with E-state index >= 15 is 0 Å². The molecule has 1 aromatic heterocycles. The zero-order valence-electron chi connectivity index (χ0n) is 7.05. The van der Waals surface area contributed by atoms with Gasteiger partial charge in [0, 0.05) is 0 Å².